The van der Waals surface area contributed by atoms with Gasteiger partial charge in [-0.25, -0.2) is 4.98 Å². The van der Waals surface area contributed by atoms with E-state index in [1.807, 2.05) is 5.38 Å². The molecule has 1 atom stereocenters. The number of piperidine rings is 1. The Kier molecular flexibility index (Phi) is 6.02. The molecule has 0 radical (unpaired) electrons. The smallest absolute Gasteiger partial charge is 0.341 e. The van der Waals surface area contributed by atoms with Crippen molar-refractivity contribution < 1.29 is 18.0 Å². The molecule has 23 heavy (non-hydrogen) atoms. The Morgan fingerprint density at radius 2 is 2.26 bits per heavy atom. The molecular weight excluding hydrogens is 327 g/mol. The quantitative estimate of drug-likeness (QED) is 0.888. The van der Waals surface area contributed by atoms with Gasteiger partial charge in [-0.05, 0) is 18.8 Å². The van der Waals surface area contributed by atoms with Gasteiger partial charge in [-0.1, -0.05) is 13.8 Å². The second-order valence-corrected chi connectivity index (χ2v) is 7.05. The lowest BCUT2D eigenvalue weighted by Gasteiger charge is -2.32. The number of carbonyl (C=O) groups excluding carboxylic acids is 1. The van der Waals surface area contributed by atoms with Gasteiger partial charge in [0, 0.05) is 24.4 Å². The lowest BCUT2D eigenvalue weighted by molar-refractivity contribution is -0.135. The number of hydrogen-bond acceptors (Lipinski definition) is 4. The first-order valence-corrected chi connectivity index (χ1v) is 8.65. The Bertz CT molecular complexity index is 530. The van der Waals surface area contributed by atoms with E-state index in [1.54, 1.807) is 16.2 Å². The molecule has 8 heteroatoms. The van der Waals surface area contributed by atoms with Crippen LogP contribution in [0.15, 0.2) is 5.38 Å². The summed E-state index contributed by atoms with van der Waals surface area (Å²) in [4.78, 5) is 18.3. The summed E-state index contributed by atoms with van der Waals surface area (Å²) in [5, 5.41) is 5.24. The molecular formula is C15H22F3N3OS. The predicted molar refractivity (Wildman–Crippen MR) is 83.7 cm³/mol. The Hall–Kier alpha value is -1.15. The molecule has 1 fully saturated rings. The number of aromatic nitrogens is 1. The van der Waals surface area contributed by atoms with Crippen LogP contribution in [0.4, 0.5) is 13.2 Å². The van der Waals surface area contributed by atoms with Crippen LogP contribution in [0.5, 0.6) is 0 Å². The minimum Gasteiger partial charge on any atom is -0.341 e. The number of hydrogen-bond donors (Lipinski definition) is 1. The normalized spacial score (nSPS) is 19.4. The maximum absolute atomic E-state index is 12.1. The lowest BCUT2D eigenvalue weighted by Crippen LogP contribution is -2.44. The molecule has 1 aromatic heterocycles. The molecule has 0 aliphatic carbocycles. The van der Waals surface area contributed by atoms with Crippen LogP contribution >= 0.6 is 11.3 Å². The van der Waals surface area contributed by atoms with Crippen molar-refractivity contribution in [3.05, 3.63) is 16.1 Å². The summed E-state index contributed by atoms with van der Waals surface area (Å²) in [6.45, 7) is 3.90. The molecule has 0 bridgehead atoms. The second kappa shape index (κ2) is 7.61. The summed E-state index contributed by atoms with van der Waals surface area (Å²) in [5.41, 5.74) is 1.06. The fourth-order valence-electron chi connectivity index (χ4n) is 2.58. The van der Waals surface area contributed by atoms with E-state index >= 15 is 0 Å². The highest BCUT2D eigenvalue weighted by atomic mass is 32.1. The molecule has 130 valence electrons. The number of rotatable bonds is 5. The number of alkyl halides is 3. The molecule has 1 saturated heterocycles. The molecule has 1 aliphatic heterocycles. The number of thiazole rings is 1. The summed E-state index contributed by atoms with van der Waals surface area (Å²) in [7, 11) is 0. The van der Waals surface area contributed by atoms with Gasteiger partial charge in [0.1, 0.15) is 0 Å². The van der Waals surface area contributed by atoms with E-state index in [0.717, 1.165) is 23.5 Å². The van der Waals surface area contributed by atoms with Gasteiger partial charge in [0.25, 0.3) is 0 Å². The number of likely N-dealkylation sites (tertiary alicyclic amines) is 1. The topological polar surface area (TPSA) is 45.2 Å². The van der Waals surface area contributed by atoms with Crippen molar-refractivity contribution in [3.8, 4) is 0 Å². The van der Waals surface area contributed by atoms with Crippen LogP contribution in [-0.4, -0.2) is 48.1 Å². The van der Waals surface area contributed by atoms with Crippen molar-refractivity contribution in [2.45, 2.75) is 44.7 Å². The van der Waals surface area contributed by atoms with Crippen LogP contribution in [-0.2, 0) is 4.79 Å². The number of nitrogens with one attached hydrogen (secondary N) is 1. The molecule has 0 saturated carbocycles. The van der Waals surface area contributed by atoms with Crippen LogP contribution in [0.1, 0.15) is 49.2 Å². The molecule has 2 rings (SSSR count). The number of halogens is 3. The molecule has 1 amide bonds. The van der Waals surface area contributed by atoms with Crippen molar-refractivity contribution in [2.24, 2.45) is 0 Å². The highest BCUT2D eigenvalue weighted by Crippen LogP contribution is 2.30. The Morgan fingerprint density at radius 1 is 1.52 bits per heavy atom. The SMILES string of the molecule is CC(C)c1csc([C@H]2CCCN(C(=O)CNCC(F)(F)F)C2)n1. The fourth-order valence-corrected chi connectivity index (χ4v) is 3.69. The first kappa shape index (κ1) is 18.2. The van der Waals surface area contributed by atoms with Crippen LogP contribution in [0.2, 0.25) is 0 Å². The fraction of sp³-hybridized carbons (Fsp3) is 0.733. The molecule has 1 N–H and O–H groups in total. The number of carbonyl (C=O) groups is 1. The van der Waals surface area contributed by atoms with E-state index in [0.29, 0.717) is 19.0 Å². The predicted octanol–water partition coefficient (Wildman–Crippen LogP) is 3.12. The monoisotopic (exact) mass is 349 g/mol. The first-order valence-electron chi connectivity index (χ1n) is 7.77. The molecule has 0 spiro atoms. The lowest BCUT2D eigenvalue weighted by atomic mass is 9.98. The standard InChI is InChI=1S/C15H22F3N3OS/c1-10(2)12-8-23-14(20-12)11-4-3-5-21(7-11)13(22)6-19-9-15(16,17)18/h8,10-11,19H,3-7,9H2,1-2H3/t11-/m0/s1. The third kappa shape index (κ3) is 5.46. The zero-order valence-corrected chi connectivity index (χ0v) is 14.1. The third-order valence-corrected chi connectivity index (χ3v) is 4.88. The van der Waals surface area contributed by atoms with Gasteiger partial charge in [0.2, 0.25) is 5.91 Å². The molecule has 2 heterocycles. The molecule has 1 aromatic rings. The zero-order valence-electron chi connectivity index (χ0n) is 13.3. The maximum atomic E-state index is 12.1. The van der Waals surface area contributed by atoms with E-state index in [9.17, 15) is 18.0 Å². The molecule has 0 unspecified atom stereocenters. The van der Waals surface area contributed by atoms with Crippen LogP contribution in [0.25, 0.3) is 0 Å². The minimum atomic E-state index is -4.29. The number of amides is 1. The highest BCUT2D eigenvalue weighted by molar-refractivity contribution is 7.09. The van der Waals surface area contributed by atoms with Gasteiger partial charge in [0.05, 0.1) is 23.8 Å². The average molecular weight is 349 g/mol. The van der Waals surface area contributed by atoms with Gasteiger partial charge in [-0.15, -0.1) is 11.3 Å². The van der Waals surface area contributed by atoms with Gasteiger partial charge in [0.15, 0.2) is 0 Å². The summed E-state index contributed by atoms with van der Waals surface area (Å²) in [5.74, 6) is 0.278. The van der Waals surface area contributed by atoms with Crippen molar-refractivity contribution >= 4 is 17.2 Å². The van der Waals surface area contributed by atoms with E-state index in [4.69, 9.17) is 0 Å². The van der Waals surface area contributed by atoms with Crippen LogP contribution < -0.4 is 5.32 Å². The first-order chi connectivity index (χ1) is 10.8. The Balaban J connectivity index is 1.88. The van der Waals surface area contributed by atoms with Gasteiger partial charge >= 0.3 is 6.18 Å². The van der Waals surface area contributed by atoms with E-state index < -0.39 is 12.7 Å². The Labute approximate surface area is 138 Å². The van der Waals surface area contributed by atoms with Crippen molar-refractivity contribution in [2.75, 3.05) is 26.2 Å². The van der Waals surface area contributed by atoms with Gasteiger partial charge in [-0.2, -0.15) is 13.2 Å². The van der Waals surface area contributed by atoms with Crippen molar-refractivity contribution in [1.82, 2.24) is 15.2 Å². The summed E-state index contributed by atoms with van der Waals surface area (Å²) < 4.78 is 36.3. The molecule has 0 aromatic carbocycles. The minimum absolute atomic E-state index is 0.188. The molecule has 1 aliphatic rings. The maximum Gasteiger partial charge on any atom is 0.401 e. The van der Waals surface area contributed by atoms with E-state index in [-0.39, 0.29) is 18.4 Å². The van der Waals surface area contributed by atoms with E-state index in [1.165, 1.54) is 0 Å². The van der Waals surface area contributed by atoms with Crippen LogP contribution in [0.3, 0.4) is 0 Å². The highest BCUT2D eigenvalue weighted by Gasteiger charge is 2.29. The summed E-state index contributed by atoms with van der Waals surface area (Å²) in [6.07, 6.45) is -2.48. The average Bonchev–Trinajstić information content (AvgIpc) is 2.96. The van der Waals surface area contributed by atoms with Crippen molar-refractivity contribution in [1.29, 1.82) is 0 Å². The van der Waals surface area contributed by atoms with Crippen LogP contribution in [0, 0.1) is 0 Å². The second-order valence-electron chi connectivity index (χ2n) is 6.16. The number of nitrogens with zero attached hydrogens (tertiary/aromatic N) is 2. The zero-order chi connectivity index (χ0) is 17.0. The van der Waals surface area contributed by atoms with Crippen molar-refractivity contribution in [3.63, 3.8) is 0 Å². The summed E-state index contributed by atoms with van der Waals surface area (Å²) >= 11 is 1.61. The van der Waals surface area contributed by atoms with Gasteiger partial charge < -0.3 is 10.2 Å². The Morgan fingerprint density at radius 3 is 2.87 bits per heavy atom. The third-order valence-electron chi connectivity index (χ3n) is 3.86. The summed E-state index contributed by atoms with van der Waals surface area (Å²) in [6, 6.07) is 0. The molecule has 4 nitrogen and oxygen atoms in total. The largest absolute Gasteiger partial charge is 0.401 e. The van der Waals surface area contributed by atoms with E-state index in [2.05, 4.69) is 24.1 Å². The van der Waals surface area contributed by atoms with Gasteiger partial charge in [-0.3, -0.25) is 4.79 Å².